The van der Waals surface area contributed by atoms with Crippen molar-refractivity contribution in [3.8, 4) is 0 Å². The lowest BCUT2D eigenvalue weighted by Gasteiger charge is -2.28. The SMILES string of the molecule is CSCCC(NC(=O)C1CCCN1C(=O)C(C)N)C(=O)NC(C(=O)O)C(C)O. The lowest BCUT2D eigenvalue weighted by molar-refractivity contribution is -0.145. The third kappa shape index (κ3) is 6.64. The van der Waals surface area contributed by atoms with Crippen LogP contribution in [-0.2, 0) is 19.2 Å². The van der Waals surface area contributed by atoms with Crippen molar-refractivity contribution in [1.82, 2.24) is 15.5 Å². The van der Waals surface area contributed by atoms with Crippen molar-refractivity contribution in [3.05, 3.63) is 0 Å². The van der Waals surface area contributed by atoms with Crippen molar-refractivity contribution in [2.24, 2.45) is 5.73 Å². The van der Waals surface area contributed by atoms with Crippen LogP contribution in [0.4, 0.5) is 0 Å². The van der Waals surface area contributed by atoms with E-state index in [9.17, 15) is 24.3 Å². The average molecular weight is 419 g/mol. The first-order valence-electron chi connectivity index (χ1n) is 9.16. The van der Waals surface area contributed by atoms with Crippen molar-refractivity contribution in [3.63, 3.8) is 0 Å². The number of aliphatic hydroxyl groups excluding tert-OH is 1. The van der Waals surface area contributed by atoms with Crippen LogP contribution in [0.1, 0.15) is 33.1 Å². The molecule has 160 valence electrons. The molecule has 1 rings (SSSR count). The molecule has 10 nitrogen and oxygen atoms in total. The predicted octanol–water partition coefficient (Wildman–Crippen LogP) is -1.49. The Labute approximate surface area is 168 Å². The van der Waals surface area contributed by atoms with Crippen molar-refractivity contribution >= 4 is 35.5 Å². The number of nitrogens with one attached hydrogen (secondary N) is 2. The van der Waals surface area contributed by atoms with E-state index < -0.39 is 48.1 Å². The number of nitrogens with two attached hydrogens (primary N) is 1. The summed E-state index contributed by atoms with van der Waals surface area (Å²) >= 11 is 1.47. The van der Waals surface area contributed by atoms with E-state index in [1.54, 1.807) is 6.92 Å². The van der Waals surface area contributed by atoms with Crippen molar-refractivity contribution in [2.45, 2.75) is 63.4 Å². The number of likely N-dealkylation sites (tertiary alicyclic amines) is 1. The van der Waals surface area contributed by atoms with Gasteiger partial charge in [-0.05, 0) is 45.1 Å². The standard InChI is InChI=1S/C17H30N4O6S/c1-9(18)16(25)21-7-4-5-12(21)15(24)19-11(6-8-28-3)14(23)20-13(10(2)22)17(26)27/h9-13,22H,4-8,18H2,1-3H3,(H,19,24)(H,20,23)(H,26,27). The van der Waals surface area contributed by atoms with Gasteiger partial charge in [0.05, 0.1) is 12.1 Å². The van der Waals surface area contributed by atoms with Gasteiger partial charge in [-0.3, -0.25) is 14.4 Å². The van der Waals surface area contributed by atoms with Crippen LogP contribution in [0.3, 0.4) is 0 Å². The molecule has 1 aliphatic heterocycles. The molecule has 0 saturated carbocycles. The maximum absolute atomic E-state index is 12.7. The Bertz CT molecular complexity index is 586. The van der Waals surface area contributed by atoms with Gasteiger partial charge in [-0.2, -0.15) is 11.8 Å². The van der Waals surface area contributed by atoms with E-state index in [2.05, 4.69) is 10.6 Å². The first-order valence-corrected chi connectivity index (χ1v) is 10.6. The summed E-state index contributed by atoms with van der Waals surface area (Å²) in [6.07, 6.45) is 1.94. The summed E-state index contributed by atoms with van der Waals surface area (Å²) in [5.41, 5.74) is 5.64. The Morgan fingerprint density at radius 2 is 1.89 bits per heavy atom. The minimum Gasteiger partial charge on any atom is -0.480 e. The van der Waals surface area contributed by atoms with Crippen molar-refractivity contribution in [2.75, 3.05) is 18.6 Å². The van der Waals surface area contributed by atoms with E-state index >= 15 is 0 Å². The van der Waals surface area contributed by atoms with Gasteiger partial charge < -0.3 is 31.5 Å². The maximum Gasteiger partial charge on any atom is 0.328 e. The van der Waals surface area contributed by atoms with Gasteiger partial charge in [-0.1, -0.05) is 0 Å². The fourth-order valence-corrected chi connectivity index (χ4v) is 3.45. The topological polar surface area (TPSA) is 162 Å². The molecule has 11 heteroatoms. The fourth-order valence-electron chi connectivity index (χ4n) is 2.98. The average Bonchev–Trinajstić information content (AvgIpc) is 3.11. The van der Waals surface area contributed by atoms with Crippen LogP contribution in [-0.4, -0.2) is 87.6 Å². The molecular formula is C17H30N4O6S. The Balaban J connectivity index is 2.86. The molecule has 6 N–H and O–H groups in total. The van der Waals surface area contributed by atoms with E-state index in [0.29, 0.717) is 25.1 Å². The van der Waals surface area contributed by atoms with Crippen LogP contribution in [0.5, 0.6) is 0 Å². The third-order valence-electron chi connectivity index (χ3n) is 4.52. The molecule has 0 aromatic rings. The number of amides is 3. The Hall–Kier alpha value is -1.85. The first-order chi connectivity index (χ1) is 13.1. The molecule has 1 saturated heterocycles. The Kier molecular flexibility index (Phi) is 9.70. The second-order valence-electron chi connectivity index (χ2n) is 6.89. The van der Waals surface area contributed by atoms with Gasteiger partial charge in [0.2, 0.25) is 17.7 Å². The molecule has 0 aromatic heterocycles. The van der Waals surface area contributed by atoms with E-state index in [1.807, 2.05) is 6.26 Å². The van der Waals surface area contributed by atoms with Gasteiger partial charge >= 0.3 is 5.97 Å². The number of rotatable bonds is 10. The summed E-state index contributed by atoms with van der Waals surface area (Å²) in [5.74, 6) is -2.32. The molecule has 0 spiro atoms. The van der Waals surface area contributed by atoms with Crippen LogP contribution in [0.15, 0.2) is 0 Å². The molecule has 1 heterocycles. The largest absolute Gasteiger partial charge is 0.480 e. The molecule has 5 atom stereocenters. The smallest absolute Gasteiger partial charge is 0.328 e. The zero-order valence-corrected chi connectivity index (χ0v) is 17.2. The number of carboxylic acid groups (broad SMARTS) is 1. The molecule has 1 aliphatic rings. The van der Waals surface area contributed by atoms with Crippen LogP contribution in [0.2, 0.25) is 0 Å². The number of aliphatic carboxylic acids is 1. The third-order valence-corrected chi connectivity index (χ3v) is 5.16. The Morgan fingerprint density at radius 3 is 2.39 bits per heavy atom. The molecule has 5 unspecified atom stereocenters. The zero-order valence-electron chi connectivity index (χ0n) is 16.4. The highest BCUT2D eigenvalue weighted by molar-refractivity contribution is 7.98. The first kappa shape index (κ1) is 24.2. The summed E-state index contributed by atoms with van der Waals surface area (Å²) in [6, 6.07) is -3.90. The number of carbonyl (C=O) groups excluding carboxylic acids is 3. The number of nitrogens with zero attached hydrogens (tertiary/aromatic N) is 1. The van der Waals surface area contributed by atoms with Crippen molar-refractivity contribution < 1.29 is 29.4 Å². The molecule has 3 amide bonds. The number of carboxylic acids is 1. The van der Waals surface area contributed by atoms with Gasteiger partial charge in [0.15, 0.2) is 6.04 Å². The molecule has 0 aromatic carbocycles. The van der Waals surface area contributed by atoms with Gasteiger partial charge in [0.1, 0.15) is 12.1 Å². The molecule has 0 radical (unpaired) electrons. The predicted molar refractivity (Wildman–Crippen MR) is 105 cm³/mol. The van der Waals surface area contributed by atoms with Gasteiger partial charge in [-0.15, -0.1) is 0 Å². The van der Waals surface area contributed by atoms with Gasteiger partial charge in [0, 0.05) is 6.54 Å². The number of carbonyl (C=O) groups is 4. The van der Waals surface area contributed by atoms with E-state index in [0.717, 1.165) is 0 Å². The summed E-state index contributed by atoms with van der Waals surface area (Å²) in [5, 5.41) is 23.6. The van der Waals surface area contributed by atoms with Crippen LogP contribution >= 0.6 is 11.8 Å². The maximum atomic E-state index is 12.7. The highest BCUT2D eigenvalue weighted by Gasteiger charge is 2.37. The summed E-state index contributed by atoms with van der Waals surface area (Å²) in [4.78, 5) is 50.1. The lowest BCUT2D eigenvalue weighted by atomic mass is 10.1. The molecule has 0 bridgehead atoms. The minimum absolute atomic E-state index is 0.277. The highest BCUT2D eigenvalue weighted by Crippen LogP contribution is 2.18. The minimum atomic E-state index is -1.48. The molecule has 1 fully saturated rings. The van der Waals surface area contributed by atoms with E-state index in [-0.39, 0.29) is 12.3 Å². The monoisotopic (exact) mass is 418 g/mol. The zero-order chi connectivity index (χ0) is 21.4. The summed E-state index contributed by atoms with van der Waals surface area (Å²) in [6.45, 7) is 3.22. The quantitative estimate of drug-likeness (QED) is 0.287. The number of thioether (sulfide) groups is 1. The van der Waals surface area contributed by atoms with Gasteiger partial charge in [0.25, 0.3) is 0 Å². The normalized spacial score (nSPS) is 20.8. The number of hydrogen-bond donors (Lipinski definition) is 5. The van der Waals surface area contributed by atoms with E-state index in [4.69, 9.17) is 10.8 Å². The lowest BCUT2D eigenvalue weighted by Crippen LogP contribution is -2.57. The molecule has 0 aliphatic carbocycles. The fraction of sp³-hybridized carbons (Fsp3) is 0.765. The number of aliphatic hydroxyl groups is 1. The van der Waals surface area contributed by atoms with Crippen molar-refractivity contribution in [1.29, 1.82) is 0 Å². The van der Waals surface area contributed by atoms with Gasteiger partial charge in [-0.25, -0.2) is 4.79 Å². The summed E-state index contributed by atoms with van der Waals surface area (Å²) in [7, 11) is 0. The summed E-state index contributed by atoms with van der Waals surface area (Å²) < 4.78 is 0. The van der Waals surface area contributed by atoms with E-state index in [1.165, 1.54) is 23.6 Å². The van der Waals surface area contributed by atoms with Crippen LogP contribution in [0.25, 0.3) is 0 Å². The second-order valence-corrected chi connectivity index (χ2v) is 7.87. The second kappa shape index (κ2) is 11.2. The highest BCUT2D eigenvalue weighted by atomic mass is 32.2. The molecule has 28 heavy (non-hydrogen) atoms. The van der Waals surface area contributed by atoms with Crippen LogP contribution < -0.4 is 16.4 Å². The molecular weight excluding hydrogens is 388 g/mol. The Morgan fingerprint density at radius 1 is 1.25 bits per heavy atom. The van der Waals surface area contributed by atoms with Crippen LogP contribution in [0, 0.1) is 0 Å². The number of hydrogen-bond acceptors (Lipinski definition) is 7.